The van der Waals surface area contributed by atoms with E-state index in [0.717, 1.165) is 10.9 Å². The first-order valence-corrected chi connectivity index (χ1v) is 7.55. The summed E-state index contributed by atoms with van der Waals surface area (Å²) in [7, 11) is 1.58. The van der Waals surface area contributed by atoms with E-state index in [9.17, 15) is 9.59 Å². The Labute approximate surface area is 138 Å². The number of hydrogen-bond donors (Lipinski definition) is 2. The molecule has 0 saturated heterocycles. The molecule has 0 aliphatic carbocycles. The van der Waals surface area contributed by atoms with Gasteiger partial charge in [0.2, 0.25) is 0 Å². The van der Waals surface area contributed by atoms with Crippen LogP contribution in [-0.4, -0.2) is 29.5 Å². The minimum atomic E-state index is -0.181. The van der Waals surface area contributed by atoms with Crippen LogP contribution >= 0.6 is 0 Å². The number of benzene rings is 1. The molecule has 24 heavy (non-hydrogen) atoms. The summed E-state index contributed by atoms with van der Waals surface area (Å²) in [6, 6.07) is 10.6. The predicted octanol–water partition coefficient (Wildman–Crippen LogP) is 1.90. The molecule has 1 aromatic carbocycles. The van der Waals surface area contributed by atoms with E-state index >= 15 is 0 Å². The van der Waals surface area contributed by atoms with Crippen LogP contribution in [0.4, 0.5) is 0 Å². The topological polar surface area (TPSA) is 84.1 Å². The Hall–Kier alpha value is -3.15. The molecule has 1 amide bonds. The Morgan fingerprint density at radius 2 is 2.00 bits per heavy atom. The molecule has 122 valence electrons. The average Bonchev–Trinajstić information content (AvgIpc) is 2.62. The lowest BCUT2D eigenvalue weighted by Gasteiger charge is -2.07. The summed E-state index contributed by atoms with van der Waals surface area (Å²) in [5, 5.41) is 3.72. The van der Waals surface area contributed by atoms with Crippen molar-refractivity contribution in [1.82, 2.24) is 15.3 Å². The third kappa shape index (κ3) is 3.43. The molecular weight excluding hydrogens is 306 g/mol. The van der Waals surface area contributed by atoms with E-state index in [0.29, 0.717) is 29.8 Å². The fourth-order valence-electron chi connectivity index (χ4n) is 2.45. The number of nitrogens with one attached hydrogen (secondary N) is 2. The van der Waals surface area contributed by atoms with E-state index in [-0.39, 0.29) is 11.5 Å². The summed E-state index contributed by atoms with van der Waals surface area (Å²) < 4.78 is 5.15. The van der Waals surface area contributed by atoms with Crippen molar-refractivity contribution in [2.45, 2.75) is 6.42 Å². The number of carbonyl (C=O) groups is 1. The molecule has 3 aromatic rings. The number of pyridine rings is 2. The fraction of sp³-hybridized carbons (Fsp3) is 0.167. The van der Waals surface area contributed by atoms with Gasteiger partial charge in [0.25, 0.3) is 11.5 Å². The van der Waals surface area contributed by atoms with Gasteiger partial charge in [0.05, 0.1) is 12.6 Å². The van der Waals surface area contributed by atoms with Gasteiger partial charge < -0.3 is 15.0 Å². The van der Waals surface area contributed by atoms with Crippen LogP contribution in [0, 0.1) is 0 Å². The van der Waals surface area contributed by atoms with E-state index in [4.69, 9.17) is 4.74 Å². The van der Waals surface area contributed by atoms with Gasteiger partial charge in [-0.05, 0) is 42.1 Å². The van der Waals surface area contributed by atoms with Crippen LogP contribution in [0.5, 0.6) is 5.75 Å². The van der Waals surface area contributed by atoms with Crippen LogP contribution < -0.4 is 15.6 Å². The lowest BCUT2D eigenvalue weighted by molar-refractivity contribution is 0.0954. The molecule has 0 fully saturated rings. The third-order valence-corrected chi connectivity index (χ3v) is 3.75. The van der Waals surface area contributed by atoms with Crippen LogP contribution in [0.25, 0.3) is 10.9 Å². The average molecular weight is 323 g/mol. The number of fused-ring (bicyclic) bond motifs is 1. The highest BCUT2D eigenvalue weighted by atomic mass is 16.5. The van der Waals surface area contributed by atoms with Crippen molar-refractivity contribution in [2.24, 2.45) is 0 Å². The maximum absolute atomic E-state index is 12.2. The summed E-state index contributed by atoms with van der Waals surface area (Å²) in [6.07, 6.45) is 3.59. The Bertz CT molecular complexity index is 920. The molecule has 6 nitrogen and oxygen atoms in total. The molecule has 0 saturated carbocycles. The number of nitrogens with zero attached hydrogens (tertiary/aromatic N) is 1. The summed E-state index contributed by atoms with van der Waals surface area (Å²) >= 11 is 0. The molecule has 0 radical (unpaired) electrons. The molecule has 2 heterocycles. The fourth-order valence-corrected chi connectivity index (χ4v) is 2.45. The highest BCUT2D eigenvalue weighted by Gasteiger charge is 2.07. The maximum Gasteiger partial charge on any atom is 0.251 e. The lowest BCUT2D eigenvalue weighted by atomic mass is 10.1. The SMILES string of the molecule is COc1ccc2cc(CCNC(=O)c3ccncc3)c(=O)[nH]c2c1. The molecular formula is C18H17N3O3. The van der Waals surface area contributed by atoms with Crippen molar-refractivity contribution >= 4 is 16.8 Å². The van der Waals surface area contributed by atoms with E-state index in [2.05, 4.69) is 15.3 Å². The second kappa shape index (κ2) is 6.95. The lowest BCUT2D eigenvalue weighted by Crippen LogP contribution is -2.27. The molecule has 2 N–H and O–H groups in total. The maximum atomic E-state index is 12.2. The molecule has 3 rings (SSSR count). The molecule has 0 atom stereocenters. The summed E-state index contributed by atoms with van der Waals surface area (Å²) in [5.74, 6) is 0.509. The molecule has 0 bridgehead atoms. The van der Waals surface area contributed by atoms with Crippen molar-refractivity contribution in [3.63, 3.8) is 0 Å². The van der Waals surface area contributed by atoms with Crippen molar-refractivity contribution in [3.8, 4) is 5.75 Å². The largest absolute Gasteiger partial charge is 0.497 e. The third-order valence-electron chi connectivity index (χ3n) is 3.75. The zero-order chi connectivity index (χ0) is 16.9. The number of H-pyrrole nitrogens is 1. The highest BCUT2D eigenvalue weighted by molar-refractivity contribution is 5.93. The van der Waals surface area contributed by atoms with Crippen LogP contribution in [-0.2, 0) is 6.42 Å². The Morgan fingerprint density at radius 3 is 2.75 bits per heavy atom. The second-order valence-electron chi connectivity index (χ2n) is 5.32. The van der Waals surface area contributed by atoms with Crippen molar-refractivity contribution in [1.29, 1.82) is 0 Å². The van der Waals surface area contributed by atoms with Gasteiger partial charge >= 0.3 is 0 Å². The van der Waals surface area contributed by atoms with Gasteiger partial charge in [-0.25, -0.2) is 0 Å². The van der Waals surface area contributed by atoms with Gasteiger partial charge in [0.1, 0.15) is 5.75 Å². The quantitative estimate of drug-likeness (QED) is 0.751. The van der Waals surface area contributed by atoms with Crippen LogP contribution in [0.1, 0.15) is 15.9 Å². The van der Waals surface area contributed by atoms with Gasteiger partial charge in [0.15, 0.2) is 0 Å². The highest BCUT2D eigenvalue weighted by Crippen LogP contribution is 2.18. The Kier molecular flexibility index (Phi) is 4.56. The molecule has 0 aliphatic rings. The van der Waals surface area contributed by atoms with Crippen molar-refractivity contribution in [2.75, 3.05) is 13.7 Å². The summed E-state index contributed by atoms with van der Waals surface area (Å²) in [6.45, 7) is 0.381. The second-order valence-corrected chi connectivity index (χ2v) is 5.32. The molecule has 0 unspecified atom stereocenters. The first-order valence-electron chi connectivity index (χ1n) is 7.55. The number of amides is 1. The van der Waals surface area contributed by atoms with E-state index in [1.165, 1.54) is 0 Å². The molecule has 0 aliphatic heterocycles. The van der Waals surface area contributed by atoms with Crippen LogP contribution in [0.15, 0.2) is 53.6 Å². The number of hydrogen-bond acceptors (Lipinski definition) is 4. The minimum Gasteiger partial charge on any atom is -0.497 e. The van der Waals surface area contributed by atoms with Gasteiger partial charge in [-0.15, -0.1) is 0 Å². The van der Waals surface area contributed by atoms with Crippen LogP contribution in [0.2, 0.25) is 0 Å². The number of rotatable bonds is 5. The molecule has 6 heteroatoms. The van der Waals surface area contributed by atoms with Crippen molar-refractivity contribution < 1.29 is 9.53 Å². The first kappa shape index (κ1) is 15.7. The molecule has 2 aromatic heterocycles. The Morgan fingerprint density at radius 1 is 1.21 bits per heavy atom. The van der Waals surface area contributed by atoms with Crippen LogP contribution in [0.3, 0.4) is 0 Å². The van der Waals surface area contributed by atoms with E-state index in [1.807, 2.05) is 18.2 Å². The number of aromatic nitrogens is 2. The van der Waals surface area contributed by atoms with Gasteiger partial charge in [-0.2, -0.15) is 0 Å². The first-order chi connectivity index (χ1) is 11.7. The number of ether oxygens (including phenoxy) is 1. The number of methoxy groups -OCH3 is 1. The van der Waals surface area contributed by atoms with E-state index in [1.54, 1.807) is 37.7 Å². The summed E-state index contributed by atoms with van der Waals surface area (Å²) in [4.78, 5) is 30.8. The monoisotopic (exact) mass is 323 g/mol. The number of aromatic amines is 1. The standard InChI is InChI=1S/C18H17N3O3/c1-24-15-3-2-13-10-14(18(23)21-16(13)11-15)6-9-20-17(22)12-4-7-19-8-5-12/h2-5,7-8,10-11H,6,9H2,1H3,(H,20,22)(H,21,23). The normalized spacial score (nSPS) is 10.5. The smallest absolute Gasteiger partial charge is 0.251 e. The van der Waals surface area contributed by atoms with Crippen molar-refractivity contribution in [3.05, 3.63) is 70.3 Å². The van der Waals surface area contributed by atoms with Gasteiger partial charge in [0, 0.05) is 36.1 Å². The minimum absolute atomic E-state index is 0.158. The molecule has 0 spiro atoms. The summed E-state index contributed by atoms with van der Waals surface area (Å²) in [5.41, 5.74) is 1.74. The Balaban J connectivity index is 1.70. The van der Waals surface area contributed by atoms with Gasteiger partial charge in [-0.1, -0.05) is 0 Å². The zero-order valence-corrected chi connectivity index (χ0v) is 13.2. The van der Waals surface area contributed by atoms with Gasteiger partial charge in [-0.3, -0.25) is 14.6 Å². The van der Waals surface area contributed by atoms with E-state index < -0.39 is 0 Å². The number of carbonyl (C=O) groups excluding carboxylic acids is 1. The predicted molar refractivity (Wildman–Crippen MR) is 91.4 cm³/mol. The zero-order valence-electron chi connectivity index (χ0n) is 13.2.